The molecule has 1 N–H and O–H groups in total. The molecule has 0 aromatic heterocycles. The lowest BCUT2D eigenvalue weighted by Crippen LogP contribution is -2.35. The third kappa shape index (κ3) is 3.99. The number of anilines is 1. The molecule has 0 bridgehead atoms. The van der Waals surface area contributed by atoms with Gasteiger partial charge in [0.1, 0.15) is 0 Å². The molecule has 1 aliphatic rings. The van der Waals surface area contributed by atoms with Crippen molar-refractivity contribution < 1.29 is 0 Å². The number of benzene rings is 1. The van der Waals surface area contributed by atoms with Gasteiger partial charge in [0.15, 0.2) is 0 Å². The molecule has 0 aliphatic carbocycles. The lowest BCUT2D eigenvalue weighted by Gasteiger charge is -2.23. The summed E-state index contributed by atoms with van der Waals surface area (Å²) < 4.78 is 0. The number of nitrogens with zero attached hydrogens (tertiary/aromatic N) is 1. The molecule has 2 rings (SSSR count). The van der Waals surface area contributed by atoms with Gasteiger partial charge in [0.25, 0.3) is 0 Å². The van der Waals surface area contributed by atoms with Crippen LogP contribution in [0.4, 0.5) is 5.69 Å². The second kappa shape index (κ2) is 6.17. The largest absolute Gasteiger partial charge is 0.371 e. The predicted molar refractivity (Wildman–Crippen MR) is 88.4 cm³/mol. The van der Waals surface area contributed by atoms with Crippen molar-refractivity contribution in [3.8, 4) is 0 Å². The van der Waals surface area contributed by atoms with Crippen LogP contribution >= 0.6 is 0 Å². The minimum atomic E-state index is 0.176. The fraction of sp³-hybridized carbons (Fsp3) is 0.667. The number of hydrogen-bond donors (Lipinski definition) is 1. The van der Waals surface area contributed by atoms with Crippen LogP contribution in [-0.4, -0.2) is 18.6 Å². The number of nitrogens with one attached hydrogen (secondary N) is 1. The molecular formula is C18H30N2. The van der Waals surface area contributed by atoms with Gasteiger partial charge in [0, 0.05) is 30.9 Å². The van der Waals surface area contributed by atoms with Crippen LogP contribution in [0.15, 0.2) is 18.2 Å². The minimum absolute atomic E-state index is 0.176. The van der Waals surface area contributed by atoms with Gasteiger partial charge < -0.3 is 10.2 Å². The van der Waals surface area contributed by atoms with Crippen molar-refractivity contribution in [3.05, 3.63) is 29.3 Å². The first-order valence-electron chi connectivity index (χ1n) is 7.98. The summed E-state index contributed by atoms with van der Waals surface area (Å²) in [5.74, 6) is 0.886. The molecule has 0 amide bonds. The standard InChI is InChI=1S/C18H30N2/c1-6-15-9-10-20(13-15)17-8-7-16(11-14(17)2)12-19-18(3,4)5/h7-8,11,15,19H,6,9-10,12-13H2,1-5H3. The summed E-state index contributed by atoms with van der Waals surface area (Å²) >= 11 is 0. The molecule has 112 valence electrons. The van der Waals surface area contributed by atoms with Gasteiger partial charge in [-0.1, -0.05) is 25.5 Å². The monoisotopic (exact) mass is 274 g/mol. The molecule has 20 heavy (non-hydrogen) atoms. The van der Waals surface area contributed by atoms with Crippen molar-refractivity contribution in [2.24, 2.45) is 5.92 Å². The van der Waals surface area contributed by atoms with Gasteiger partial charge in [-0.3, -0.25) is 0 Å². The summed E-state index contributed by atoms with van der Waals surface area (Å²) in [6.07, 6.45) is 2.66. The Balaban J connectivity index is 2.03. The molecule has 1 atom stereocenters. The number of aryl methyl sites for hydroxylation is 1. The molecule has 2 heteroatoms. The van der Waals surface area contributed by atoms with Crippen molar-refractivity contribution in [2.45, 2.75) is 59.5 Å². The summed E-state index contributed by atoms with van der Waals surface area (Å²) in [6.45, 7) is 14.6. The molecule has 1 aromatic carbocycles. The molecule has 1 saturated heterocycles. The Morgan fingerprint density at radius 1 is 1.30 bits per heavy atom. The third-order valence-corrected chi connectivity index (χ3v) is 4.29. The zero-order valence-corrected chi connectivity index (χ0v) is 13.8. The Morgan fingerprint density at radius 2 is 2.05 bits per heavy atom. The van der Waals surface area contributed by atoms with Crippen LogP contribution in [0, 0.1) is 12.8 Å². The lowest BCUT2D eigenvalue weighted by atomic mass is 10.1. The smallest absolute Gasteiger partial charge is 0.0396 e. The second-order valence-corrected chi connectivity index (χ2v) is 7.23. The van der Waals surface area contributed by atoms with Gasteiger partial charge in [-0.15, -0.1) is 0 Å². The van der Waals surface area contributed by atoms with Gasteiger partial charge in [0.2, 0.25) is 0 Å². The van der Waals surface area contributed by atoms with Crippen LogP contribution in [0.5, 0.6) is 0 Å². The maximum Gasteiger partial charge on any atom is 0.0396 e. The SMILES string of the molecule is CCC1CCN(c2ccc(CNC(C)(C)C)cc2C)C1. The van der Waals surface area contributed by atoms with Crippen molar-refractivity contribution >= 4 is 5.69 Å². The van der Waals surface area contributed by atoms with E-state index in [2.05, 4.69) is 63.0 Å². The Morgan fingerprint density at radius 3 is 2.60 bits per heavy atom. The third-order valence-electron chi connectivity index (χ3n) is 4.29. The molecule has 1 fully saturated rings. The topological polar surface area (TPSA) is 15.3 Å². The van der Waals surface area contributed by atoms with E-state index in [-0.39, 0.29) is 5.54 Å². The van der Waals surface area contributed by atoms with Crippen LogP contribution in [0.2, 0.25) is 0 Å². The summed E-state index contributed by atoms with van der Waals surface area (Å²) in [7, 11) is 0. The summed E-state index contributed by atoms with van der Waals surface area (Å²) in [5, 5.41) is 3.56. The summed E-state index contributed by atoms with van der Waals surface area (Å²) in [5.41, 5.74) is 4.40. The van der Waals surface area contributed by atoms with E-state index in [0.717, 1.165) is 12.5 Å². The van der Waals surface area contributed by atoms with E-state index in [1.807, 2.05) is 0 Å². The molecule has 0 spiro atoms. The highest BCUT2D eigenvalue weighted by atomic mass is 15.2. The van der Waals surface area contributed by atoms with Crippen LogP contribution < -0.4 is 10.2 Å². The molecular weight excluding hydrogens is 244 g/mol. The van der Waals surface area contributed by atoms with E-state index in [0.29, 0.717) is 0 Å². The Kier molecular flexibility index (Phi) is 4.74. The first-order valence-corrected chi connectivity index (χ1v) is 7.98. The van der Waals surface area contributed by atoms with Gasteiger partial charge in [0.05, 0.1) is 0 Å². The maximum atomic E-state index is 3.56. The average molecular weight is 274 g/mol. The van der Waals surface area contributed by atoms with E-state index < -0.39 is 0 Å². The van der Waals surface area contributed by atoms with Crippen molar-refractivity contribution in [2.75, 3.05) is 18.0 Å². The summed E-state index contributed by atoms with van der Waals surface area (Å²) in [4.78, 5) is 2.56. The molecule has 1 unspecified atom stereocenters. The highest BCUT2D eigenvalue weighted by Gasteiger charge is 2.22. The molecule has 0 radical (unpaired) electrons. The van der Waals surface area contributed by atoms with E-state index in [9.17, 15) is 0 Å². The quantitative estimate of drug-likeness (QED) is 0.888. The van der Waals surface area contributed by atoms with Gasteiger partial charge in [-0.25, -0.2) is 0 Å². The Labute approximate surface area is 124 Å². The molecule has 2 nitrogen and oxygen atoms in total. The first kappa shape index (κ1) is 15.4. The van der Waals surface area contributed by atoms with Gasteiger partial charge in [-0.05, 0) is 57.2 Å². The van der Waals surface area contributed by atoms with Crippen LogP contribution in [-0.2, 0) is 6.54 Å². The normalized spacial score (nSPS) is 19.6. The highest BCUT2D eigenvalue weighted by molar-refractivity contribution is 5.55. The summed E-state index contributed by atoms with van der Waals surface area (Å²) in [6, 6.07) is 6.93. The van der Waals surface area contributed by atoms with Crippen LogP contribution in [0.3, 0.4) is 0 Å². The first-order chi connectivity index (χ1) is 9.39. The van der Waals surface area contributed by atoms with Crippen molar-refractivity contribution in [1.82, 2.24) is 5.32 Å². The molecule has 1 heterocycles. The number of hydrogen-bond acceptors (Lipinski definition) is 2. The maximum absolute atomic E-state index is 3.56. The predicted octanol–water partition coefficient (Wildman–Crippen LogP) is 4.12. The Bertz CT molecular complexity index is 445. The fourth-order valence-corrected chi connectivity index (χ4v) is 2.93. The van der Waals surface area contributed by atoms with Crippen LogP contribution in [0.1, 0.15) is 51.7 Å². The van der Waals surface area contributed by atoms with Crippen molar-refractivity contribution in [1.29, 1.82) is 0 Å². The molecule has 0 saturated carbocycles. The highest BCUT2D eigenvalue weighted by Crippen LogP contribution is 2.28. The average Bonchev–Trinajstić information content (AvgIpc) is 2.84. The van der Waals surface area contributed by atoms with Crippen molar-refractivity contribution in [3.63, 3.8) is 0 Å². The molecule has 1 aromatic rings. The van der Waals surface area contributed by atoms with E-state index >= 15 is 0 Å². The van der Waals surface area contributed by atoms with Gasteiger partial charge >= 0.3 is 0 Å². The zero-order chi connectivity index (χ0) is 14.8. The Hall–Kier alpha value is -1.02. The number of rotatable bonds is 4. The second-order valence-electron chi connectivity index (χ2n) is 7.23. The molecule has 1 aliphatic heterocycles. The zero-order valence-electron chi connectivity index (χ0n) is 13.8. The van der Waals surface area contributed by atoms with E-state index in [1.54, 1.807) is 0 Å². The fourth-order valence-electron chi connectivity index (χ4n) is 2.93. The van der Waals surface area contributed by atoms with E-state index in [1.165, 1.54) is 42.7 Å². The van der Waals surface area contributed by atoms with E-state index in [4.69, 9.17) is 0 Å². The van der Waals surface area contributed by atoms with Gasteiger partial charge in [-0.2, -0.15) is 0 Å². The minimum Gasteiger partial charge on any atom is -0.371 e. The van der Waals surface area contributed by atoms with Crippen LogP contribution in [0.25, 0.3) is 0 Å². The lowest BCUT2D eigenvalue weighted by molar-refractivity contribution is 0.424.